The van der Waals surface area contributed by atoms with E-state index in [2.05, 4.69) is 10.2 Å². The van der Waals surface area contributed by atoms with Gasteiger partial charge in [-0.1, -0.05) is 47.3 Å². The molecule has 2 aromatic heterocycles. The van der Waals surface area contributed by atoms with Crippen molar-refractivity contribution in [3.05, 3.63) is 78.0 Å². The van der Waals surface area contributed by atoms with Crippen LogP contribution in [0, 0.1) is 0 Å². The first-order chi connectivity index (χ1) is 14.7. The lowest BCUT2D eigenvalue weighted by atomic mass is 10.2. The molecule has 0 fully saturated rings. The van der Waals surface area contributed by atoms with Crippen molar-refractivity contribution in [2.75, 3.05) is 10.7 Å². The van der Waals surface area contributed by atoms with Crippen LogP contribution in [0.4, 0.5) is 11.4 Å². The molecule has 0 unspecified atom stereocenters. The van der Waals surface area contributed by atoms with E-state index in [0.717, 1.165) is 26.9 Å². The van der Waals surface area contributed by atoms with Crippen molar-refractivity contribution in [2.45, 2.75) is 21.5 Å². The molecule has 0 spiro atoms. The fourth-order valence-corrected chi connectivity index (χ4v) is 5.19. The van der Waals surface area contributed by atoms with Crippen molar-refractivity contribution < 1.29 is 9.21 Å². The minimum Gasteiger partial charge on any atom is -0.467 e. The van der Waals surface area contributed by atoms with E-state index in [1.54, 1.807) is 29.3 Å². The lowest BCUT2D eigenvalue weighted by Crippen LogP contribution is -2.30. The Kier molecular flexibility index (Phi) is 5.28. The van der Waals surface area contributed by atoms with Crippen molar-refractivity contribution in [1.82, 2.24) is 14.8 Å². The first-order valence-corrected chi connectivity index (χ1v) is 11.3. The van der Waals surface area contributed by atoms with Gasteiger partial charge in [0.15, 0.2) is 5.16 Å². The smallest absolute Gasteiger partial charge is 0.242 e. The molecule has 0 radical (unpaired) electrons. The fraction of sp³-hybridized carbons (Fsp3) is 0.0952. The topological polar surface area (TPSA) is 64.2 Å². The summed E-state index contributed by atoms with van der Waals surface area (Å²) < 4.78 is 7.26. The van der Waals surface area contributed by atoms with Gasteiger partial charge in [-0.05, 0) is 42.5 Å². The Bertz CT molecular complexity index is 1210. The third kappa shape index (κ3) is 3.74. The van der Waals surface area contributed by atoms with Crippen LogP contribution in [0.5, 0.6) is 0 Å². The van der Waals surface area contributed by atoms with E-state index in [-0.39, 0.29) is 11.7 Å². The summed E-state index contributed by atoms with van der Waals surface area (Å²) in [5, 5.41) is 9.39. The molecule has 0 N–H and O–H groups in total. The maximum absolute atomic E-state index is 13.3. The van der Waals surface area contributed by atoms with Crippen LogP contribution in [0.3, 0.4) is 0 Å². The van der Waals surface area contributed by atoms with Crippen LogP contribution in [-0.2, 0) is 11.3 Å². The van der Waals surface area contributed by atoms with E-state index < -0.39 is 0 Å². The van der Waals surface area contributed by atoms with E-state index in [1.165, 1.54) is 11.8 Å². The Balaban J connectivity index is 1.40. The van der Waals surface area contributed by atoms with Crippen LogP contribution in [-0.4, -0.2) is 26.4 Å². The van der Waals surface area contributed by atoms with Gasteiger partial charge in [0.05, 0.1) is 29.9 Å². The molecular weight excluding hydrogens is 440 g/mol. The molecule has 3 heterocycles. The third-order valence-electron chi connectivity index (χ3n) is 4.55. The minimum absolute atomic E-state index is 0.0520. The number of aromatic nitrogens is 3. The number of nitrogens with zero attached hydrogens (tertiary/aromatic N) is 4. The zero-order valence-electron chi connectivity index (χ0n) is 15.6. The van der Waals surface area contributed by atoms with Gasteiger partial charge in [0.1, 0.15) is 12.1 Å². The van der Waals surface area contributed by atoms with Crippen molar-refractivity contribution in [2.24, 2.45) is 0 Å². The van der Waals surface area contributed by atoms with Crippen LogP contribution >= 0.6 is 35.1 Å². The number of thioether (sulfide) groups is 1. The molecule has 1 aliphatic heterocycles. The van der Waals surface area contributed by atoms with Crippen molar-refractivity contribution >= 4 is 52.4 Å². The average Bonchev–Trinajstić information content (AvgIpc) is 3.43. The first-order valence-electron chi connectivity index (χ1n) is 9.11. The molecule has 0 atom stereocenters. The highest BCUT2D eigenvalue weighted by Crippen LogP contribution is 2.49. The zero-order chi connectivity index (χ0) is 20.5. The normalized spacial score (nSPS) is 12.5. The number of benzene rings is 2. The molecule has 0 saturated carbocycles. The SMILES string of the molecule is O=C(CSc1nncn1Cc1ccco1)N1c2ccccc2Sc2ccc(Cl)cc21. The highest BCUT2D eigenvalue weighted by molar-refractivity contribution is 8.00. The number of furan rings is 1. The molecule has 0 bridgehead atoms. The number of halogens is 1. The second kappa shape index (κ2) is 8.22. The molecule has 5 rings (SSSR count). The van der Waals surface area contributed by atoms with Gasteiger partial charge in [0, 0.05) is 14.8 Å². The van der Waals surface area contributed by atoms with E-state index in [0.29, 0.717) is 16.7 Å². The minimum atomic E-state index is -0.0520. The lowest BCUT2D eigenvalue weighted by Gasteiger charge is -2.31. The Labute approximate surface area is 186 Å². The van der Waals surface area contributed by atoms with Crippen molar-refractivity contribution in [3.63, 3.8) is 0 Å². The second-order valence-electron chi connectivity index (χ2n) is 6.52. The molecule has 2 aromatic carbocycles. The van der Waals surface area contributed by atoms with Gasteiger partial charge in [-0.15, -0.1) is 10.2 Å². The van der Waals surface area contributed by atoms with Crippen LogP contribution in [0.25, 0.3) is 0 Å². The maximum atomic E-state index is 13.3. The number of hydrogen-bond acceptors (Lipinski definition) is 6. The molecule has 6 nitrogen and oxygen atoms in total. The highest BCUT2D eigenvalue weighted by atomic mass is 35.5. The summed E-state index contributed by atoms with van der Waals surface area (Å²) >= 11 is 9.22. The summed E-state index contributed by atoms with van der Waals surface area (Å²) in [7, 11) is 0. The van der Waals surface area contributed by atoms with E-state index in [1.807, 2.05) is 59.2 Å². The predicted octanol–water partition coefficient (Wildman–Crippen LogP) is 5.49. The number of carbonyl (C=O) groups is 1. The molecule has 0 aliphatic carbocycles. The van der Waals surface area contributed by atoms with Crippen LogP contribution < -0.4 is 4.90 Å². The molecular formula is C21H15ClN4O2S2. The molecule has 150 valence electrons. The summed E-state index contributed by atoms with van der Waals surface area (Å²) in [6.07, 6.45) is 3.27. The summed E-state index contributed by atoms with van der Waals surface area (Å²) in [6, 6.07) is 17.2. The van der Waals surface area contributed by atoms with Gasteiger partial charge in [-0.25, -0.2) is 0 Å². The molecule has 1 aliphatic rings. The van der Waals surface area contributed by atoms with Gasteiger partial charge in [0.2, 0.25) is 5.91 Å². The summed E-state index contributed by atoms with van der Waals surface area (Å²) in [5.41, 5.74) is 1.66. The number of fused-ring (bicyclic) bond motifs is 2. The van der Waals surface area contributed by atoms with Crippen molar-refractivity contribution in [3.8, 4) is 0 Å². The molecule has 0 saturated heterocycles. The van der Waals surface area contributed by atoms with Crippen LogP contribution in [0.15, 0.2) is 86.6 Å². The number of anilines is 2. The van der Waals surface area contributed by atoms with Gasteiger partial charge >= 0.3 is 0 Å². The second-order valence-corrected chi connectivity index (χ2v) is 8.98. The zero-order valence-corrected chi connectivity index (χ0v) is 18.0. The number of rotatable bonds is 5. The number of para-hydroxylation sites is 1. The highest BCUT2D eigenvalue weighted by Gasteiger charge is 2.28. The summed E-state index contributed by atoms with van der Waals surface area (Å²) in [5.74, 6) is 0.958. The fourth-order valence-electron chi connectivity index (χ4n) is 3.22. The largest absolute Gasteiger partial charge is 0.467 e. The van der Waals surface area contributed by atoms with E-state index >= 15 is 0 Å². The van der Waals surface area contributed by atoms with Crippen LogP contribution in [0.1, 0.15) is 5.76 Å². The average molecular weight is 455 g/mol. The Hall–Kier alpha value is -2.68. The molecule has 9 heteroatoms. The van der Waals surface area contributed by atoms with Gasteiger partial charge in [-0.2, -0.15) is 0 Å². The molecule has 4 aromatic rings. The van der Waals surface area contributed by atoms with Gasteiger partial charge < -0.3 is 8.98 Å². The van der Waals surface area contributed by atoms with E-state index in [9.17, 15) is 4.79 Å². The quantitative estimate of drug-likeness (QED) is 0.371. The lowest BCUT2D eigenvalue weighted by molar-refractivity contribution is -0.115. The van der Waals surface area contributed by atoms with Crippen LogP contribution in [0.2, 0.25) is 5.02 Å². The summed E-state index contributed by atoms with van der Waals surface area (Å²) in [4.78, 5) is 17.1. The van der Waals surface area contributed by atoms with Crippen molar-refractivity contribution in [1.29, 1.82) is 0 Å². The Morgan fingerprint density at radius 1 is 1.10 bits per heavy atom. The number of hydrogen-bond donors (Lipinski definition) is 0. The third-order valence-corrected chi connectivity index (χ3v) is 6.88. The van der Waals surface area contributed by atoms with E-state index in [4.69, 9.17) is 16.0 Å². The predicted molar refractivity (Wildman–Crippen MR) is 118 cm³/mol. The number of carbonyl (C=O) groups excluding carboxylic acids is 1. The van der Waals surface area contributed by atoms with Gasteiger partial charge in [0.25, 0.3) is 0 Å². The molecule has 30 heavy (non-hydrogen) atoms. The standard InChI is InChI=1S/C21H15ClN4O2S2/c22-14-7-8-19-17(10-14)26(16-5-1-2-6-18(16)30-19)20(27)12-29-21-24-23-13-25(21)11-15-4-3-9-28-15/h1-10,13H,11-12H2. The van der Waals surface area contributed by atoms with Gasteiger partial charge in [-0.3, -0.25) is 9.69 Å². The maximum Gasteiger partial charge on any atom is 0.242 e. The summed E-state index contributed by atoms with van der Waals surface area (Å²) in [6.45, 7) is 0.512. The number of amides is 1. The molecule has 1 amide bonds. The Morgan fingerprint density at radius 2 is 1.97 bits per heavy atom. The monoisotopic (exact) mass is 454 g/mol. The Morgan fingerprint density at radius 3 is 2.83 bits per heavy atom. The first kappa shape index (κ1) is 19.3.